The number of amides is 1. The molecule has 2 aromatic rings. The van der Waals surface area contributed by atoms with Crippen LogP contribution in [0.2, 0.25) is 5.02 Å². The number of nitrogens with zero attached hydrogens (tertiary/aromatic N) is 1. The molecule has 0 aliphatic carbocycles. The van der Waals surface area contributed by atoms with Crippen molar-refractivity contribution in [2.75, 3.05) is 19.7 Å². The minimum atomic E-state index is -4.86. The lowest BCUT2D eigenvalue weighted by Gasteiger charge is -2.33. The number of hydrogen-bond acceptors (Lipinski definition) is 2. The Hall–Kier alpha value is -2.12. The first kappa shape index (κ1) is 18.7. The Balaban J connectivity index is 1.80. The maximum Gasteiger partial charge on any atom is 0.419 e. The molecule has 1 heterocycles. The minimum Gasteiger partial charge on any atom is -0.370 e. The topological polar surface area (TPSA) is 29.5 Å². The molecule has 0 radical (unpaired) electrons. The van der Waals surface area contributed by atoms with Gasteiger partial charge in [0, 0.05) is 17.1 Å². The Morgan fingerprint density at radius 3 is 2.50 bits per heavy atom. The van der Waals surface area contributed by atoms with E-state index in [4.69, 9.17) is 16.3 Å². The molecule has 0 bridgehead atoms. The van der Waals surface area contributed by atoms with E-state index in [-0.39, 0.29) is 25.3 Å². The molecule has 26 heavy (non-hydrogen) atoms. The number of benzene rings is 2. The number of carbonyl (C=O) groups excluding carboxylic acids is 1. The zero-order valence-corrected chi connectivity index (χ0v) is 14.1. The minimum absolute atomic E-state index is 0.180. The first-order valence-electron chi connectivity index (χ1n) is 7.79. The number of morpholine rings is 1. The normalized spacial score (nSPS) is 18.0. The summed E-state index contributed by atoms with van der Waals surface area (Å²) in [5.74, 6) is -2.01. The summed E-state index contributed by atoms with van der Waals surface area (Å²) in [6.45, 7) is 0.660. The van der Waals surface area contributed by atoms with Gasteiger partial charge in [0.05, 0.1) is 18.7 Å². The standard InChI is InChI=1S/C18H14ClF4NO2/c19-13-4-1-11(2-5-13)16-10-24(7-8-26-16)17(25)12-3-6-15(20)14(9-12)18(21,22)23/h1-6,9,16H,7-8,10H2. The van der Waals surface area contributed by atoms with Gasteiger partial charge in [-0.15, -0.1) is 0 Å². The van der Waals surface area contributed by atoms with Crippen LogP contribution in [0.5, 0.6) is 0 Å². The average Bonchev–Trinajstić information content (AvgIpc) is 2.61. The number of rotatable bonds is 2. The van der Waals surface area contributed by atoms with Gasteiger partial charge in [-0.1, -0.05) is 23.7 Å². The van der Waals surface area contributed by atoms with Gasteiger partial charge in [-0.25, -0.2) is 4.39 Å². The lowest BCUT2D eigenvalue weighted by Crippen LogP contribution is -2.42. The van der Waals surface area contributed by atoms with E-state index in [1.54, 1.807) is 24.3 Å². The summed E-state index contributed by atoms with van der Waals surface area (Å²) in [6, 6.07) is 9.17. The van der Waals surface area contributed by atoms with Crippen molar-refractivity contribution in [3.05, 3.63) is 70.0 Å². The van der Waals surface area contributed by atoms with Crippen molar-refractivity contribution >= 4 is 17.5 Å². The average molecular weight is 388 g/mol. The molecule has 3 rings (SSSR count). The third-order valence-corrected chi connectivity index (χ3v) is 4.37. The monoisotopic (exact) mass is 387 g/mol. The molecule has 0 N–H and O–H groups in total. The summed E-state index contributed by atoms with van der Waals surface area (Å²) in [6.07, 6.45) is -5.27. The van der Waals surface area contributed by atoms with Crippen LogP contribution in [0.25, 0.3) is 0 Å². The van der Waals surface area contributed by atoms with Crippen LogP contribution in [0, 0.1) is 5.82 Å². The van der Waals surface area contributed by atoms with Gasteiger partial charge in [0.1, 0.15) is 11.9 Å². The first-order chi connectivity index (χ1) is 12.3. The summed E-state index contributed by atoms with van der Waals surface area (Å²) >= 11 is 5.85. The molecule has 0 spiro atoms. The van der Waals surface area contributed by atoms with E-state index in [0.29, 0.717) is 17.2 Å². The van der Waals surface area contributed by atoms with Gasteiger partial charge in [0.2, 0.25) is 0 Å². The number of alkyl halides is 3. The molecule has 1 atom stereocenters. The molecule has 1 fully saturated rings. The Morgan fingerprint density at radius 1 is 1.15 bits per heavy atom. The lowest BCUT2D eigenvalue weighted by atomic mass is 10.1. The van der Waals surface area contributed by atoms with Gasteiger partial charge in [-0.2, -0.15) is 13.2 Å². The fraction of sp³-hybridized carbons (Fsp3) is 0.278. The zero-order valence-electron chi connectivity index (χ0n) is 13.4. The zero-order chi connectivity index (χ0) is 18.9. The maximum absolute atomic E-state index is 13.4. The Kier molecular flexibility index (Phi) is 5.20. The van der Waals surface area contributed by atoms with Crippen molar-refractivity contribution in [1.82, 2.24) is 4.90 Å². The van der Waals surface area contributed by atoms with Gasteiger partial charge in [-0.05, 0) is 35.9 Å². The van der Waals surface area contributed by atoms with Crippen LogP contribution in [-0.4, -0.2) is 30.5 Å². The highest BCUT2D eigenvalue weighted by Gasteiger charge is 2.35. The van der Waals surface area contributed by atoms with Crippen LogP contribution >= 0.6 is 11.6 Å². The van der Waals surface area contributed by atoms with E-state index < -0.39 is 29.6 Å². The molecule has 1 unspecified atom stereocenters. The summed E-state index contributed by atoms with van der Waals surface area (Å²) in [4.78, 5) is 14.0. The van der Waals surface area contributed by atoms with Crippen molar-refractivity contribution in [3.63, 3.8) is 0 Å². The van der Waals surface area contributed by atoms with Crippen LogP contribution in [0.4, 0.5) is 17.6 Å². The van der Waals surface area contributed by atoms with Crippen LogP contribution in [-0.2, 0) is 10.9 Å². The van der Waals surface area contributed by atoms with Crippen molar-refractivity contribution < 1.29 is 27.1 Å². The number of ether oxygens (including phenoxy) is 1. The van der Waals surface area contributed by atoms with Gasteiger partial charge < -0.3 is 9.64 Å². The summed E-state index contributed by atoms with van der Waals surface area (Å²) < 4.78 is 57.6. The van der Waals surface area contributed by atoms with Crippen molar-refractivity contribution in [1.29, 1.82) is 0 Å². The number of carbonyl (C=O) groups is 1. The highest BCUT2D eigenvalue weighted by Crippen LogP contribution is 2.32. The van der Waals surface area contributed by atoms with Crippen LogP contribution in [0.1, 0.15) is 27.6 Å². The van der Waals surface area contributed by atoms with Gasteiger partial charge >= 0.3 is 6.18 Å². The Bertz CT molecular complexity index is 808. The van der Waals surface area contributed by atoms with Crippen LogP contribution < -0.4 is 0 Å². The highest BCUT2D eigenvalue weighted by atomic mass is 35.5. The Morgan fingerprint density at radius 2 is 1.85 bits per heavy atom. The molecule has 3 nitrogen and oxygen atoms in total. The predicted molar refractivity (Wildman–Crippen MR) is 87.5 cm³/mol. The Labute approximate surface area is 152 Å². The molecule has 2 aromatic carbocycles. The molecule has 1 aliphatic rings. The summed E-state index contributed by atoms with van der Waals surface area (Å²) in [5.41, 5.74) is -0.858. The molecule has 0 saturated carbocycles. The lowest BCUT2D eigenvalue weighted by molar-refractivity contribution is -0.140. The molecular weight excluding hydrogens is 374 g/mol. The third-order valence-electron chi connectivity index (χ3n) is 4.11. The molecule has 1 aliphatic heterocycles. The SMILES string of the molecule is O=C(c1ccc(F)c(C(F)(F)F)c1)N1CCOC(c2ccc(Cl)cc2)C1. The smallest absolute Gasteiger partial charge is 0.370 e. The molecule has 138 valence electrons. The molecule has 1 amide bonds. The van der Waals surface area contributed by atoms with Gasteiger partial charge in [0.15, 0.2) is 0 Å². The van der Waals surface area contributed by atoms with Crippen LogP contribution in [0.15, 0.2) is 42.5 Å². The fourth-order valence-electron chi connectivity index (χ4n) is 2.77. The second kappa shape index (κ2) is 7.25. The highest BCUT2D eigenvalue weighted by molar-refractivity contribution is 6.30. The summed E-state index contributed by atoms with van der Waals surface area (Å²) in [5, 5.41) is 0.559. The van der Waals surface area contributed by atoms with E-state index in [2.05, 4.69) is 0 Å². The maximum atomic E-state index is 13.4. The largest absolute Gasteiger partial charge is 0.419 e. The predicted octanol–water partition coefficient (Wildman–Crippen LogP) is 4.71. The molecule has 8 heteroatoms. The third kappa shape index (κ3) is 3.99. The molecule has 0 aromatic heterocycles. The summed E-state index contributed by atoms with van der Waals surface area (Å²) in [7, 11) is 0. The second-order valence-electron chi connectivity index (χ2n) is 5.85. The van der Waals surface area contributed by atoms with Crippen LogP contribution in [0.3, 0.4) is 0 Å². The first-order valence-corrected chi connectivity index (χ1v) is 8.16. The fourth-order valence-corrected chi connectivity index (χ4v) is 2.90. The van der Waals surface area contributed by atoms with Crippen molar-refractivity contribution in [2.45, 2.75) is 12.3 Å². The van der Waals surface area contributed by atoms with Crippen molar-refractivity contribution in [2.24, 2.45) is 0 Å². The van der Waals surface area contributed by atoms with E-state index in [9.17, 15) is 22.4 Å². The number of hydrogen-bond donors (Lipinski definition) is 0. The van der Waals surface area contributed by atoms with Crippen molar-refractivity contribution in [3.8, 4) is 0 Å². The van der Waals surface area contributed by atoms with E-state index in [1.807, 2.05) is 0 Å². The van der Waals surface area contributed by atoms with E-state index in [0.717, 1.165) is 11.6 Å². The van der Waals surface area contributed by atoms with E-state index in [1.165, 1.54) is 4.90 Å². The van der Waals surface area contributed by atoms with Gasteiger partial charge in [-0.3, -0.25) is 4.79 Å². The van der Waals surface area contributed by atoms with E-state index >= 15 is 0 Å². The number of halogens is 5. The van der Waals surface area contributed by atoms with Gasteiger partial charge in [0.25, 0.3) is 5.91 Å². The quantitative estimate of drug-likeness (QED) is 0.698. The molecule has 1 saturated heterocycles. The molecular formula is C18H14ClF4NO2. The second-order valence-corrected chi connectivity index (χ2v) is 6.29.